The maximum absolute atomic E-state index is 14.5. The molecule has 2 aromatic carbocycles. The van der Waals surface area contributed by atoms with Crippen LogP contribution in [0.1, 0.15) is 6.42 Å². The molecule has 142 valence electrons. The molecule has 0 radical (unpaired) electrons. The predicted octanol–water partition coefficient (Wildman–Crippen LogP) is 4.61. The molecule has 1 saturated carbocycles. The summed E-state index contributed by atoms with van der Waals surface area (Å²) in [7, 11) is 0. The van der Waals surface area contributed by atoms with Crippen LogP contribution in [-0.2, 0) is 0 Å². The van der Waals surface area contributed by atoms with Crippen LogP contribution in [0.15, 0.2) is 48.8 Å². The minimum absolute atomic E-state index is 0.137. The summed E-state index contributed by atoms with van der Waals surface area (Å²) >= 11 is 0. The quantitative estimate of drug-likeness (QED) is 0.698. The lowest BCUT2D eigenvalue weighted by atomic mass is 10.1. The fourth-order valence-corrected chi connectivity index (χ4v) is 4.07. The second kappa shape index (κ2) is 6.44. The van der Waals surface area contributed by atoms with Crippen molar-refractivity contribution in [3.63, 3.8) is 0 Å². The normalized spacial score (nSPS) is 20.1. The van der Waals surface area contributed by atoms with E-state index in [1.807, 2.05) is 17.0 Å². The van der Waals surface area contributed by atoms with E-state index in [0.29, 0.717) is 17.5 Å². The molecule has 1 aliphatic heterocycles. The Labute approximate surface area is 160 Å². The van der Waals surface area contributed by atoms with Gasteiger partial charge in [-0.05, 0) is 36.5 Å². The molecule has 1 aliphatic carbocycles. The number of anilines is 3. The van der Waals surface area contributed by atoms with Gasteiger partial charge in [0.25, 0.3) is 0 Å². The van der Waals surface area contributed by atoms with Crippen molar-refractivity contribution in [2.45, 2.75) is 6.42 Å². The van der Waals surface area contributed by atoms with Crippen LogP contribution >= 0.6 is 0 Å². The number of benzene rings is 2. The van der Waals surface area contributed by atoms with Crippen molar-refractivity contribution in [2.75, 3.05) is 28.6 Å². The monoisotopic (exact) mass is 380 g/mol. The van der Waals surface area contributed by atoms with Crippen LogP contribution in [0, 0.1) is 23.5 Å². The summed E-state index contributed by atoms with van der Waals surface area (Å²) in [5.41, 5.74) is 0.988. The number of nitrogens with zero attached hydrogens (tertiary/aromatic N) is 2. The molecule has 3 aromatic rings. The first kappa shape index (κ1) is 16.9. The fraction of sp³-hybridized carbons (Fsp3) is 0.238. The van der Waals surface area contributed by atoms with Gasteiger partial charge in [0.15, 0.2) is 5.82 Å². The van der Waals surface area contributed by atoms with Crippen LogP contribution < -0.4 is 15.5 Å². The van der Waals surface area contributed by atoms with Gasteiger partial charge in [0.05, 0.1) is 17.1 Å². The molecule has 2 aliphatic rings. The summed E-state index contributed by atoms with van der Waals surface area (Å²) in [6, 6.07) is 8.74. The van der Waals surface area contributed by atoms with Crippen LogP contribution in [0.4, 0.5) is 30.6 Å². The van der Waals surface area contributed by atoms with E-state index in [0.717, 1.165) is 36.0 Å². The molecule has 0 spiro atoms. The van der Waals surface area contributed by atoms with Crippen molar-refractivity contribution in [1.82, 2.24) is 4.98 Å². The number of amides is 2. The molecule has 28 heavy (non-hydrogen) atoms. The summed E-state index contributed by atoms with van der Waals surface area (Å²) in [4.78, 5) is 18.6. The smallest absolute Gasteiger partial charge is 0.323 e. The number of aromatic nitrogens is 1. The Balaban J connectivity index is 1.41. The van der Waals surface area contributed by atoms with E-state index in [1.54, 1.807) is 24.5 Å². The highest BCUT2D eigenvalue weighted by atomic mass is 19.1. The zero-order valence-corrected chi connectivity index (χ0v) is 15.0. The summed E-state index contributed by atoms with van der Waals surface area (Å²) in [5.74, 6) is -0.226. The van der Waals surface area contributed by atoms with Crippen molar-refractivity contribution in [2.24, 2.45) is 11.8 Å². The number of piperidine rings is 1. The molecule has 1 saturated heterocycles. The molecule has 2 unspecified atom stereocenters. The van der Waals surface area contributed by atoms with E-state index in [2.05, 4.69) is 15.6 Å². The van der Waals surface area contributed by atoms with Gasteiger partial charge in [-0.15, -0.1) is 0 Å². The predicted molar refractivity (Wildman–Crippen MR) is 105 cm³/mol. The Kier molecular flexibility index (Phi) is 3.89. The maximum Gasteiger partial charge on any atom is 0.323 e. The summed E-state index contributed by atoms with van der Waals surface area (Å²) < 4.78 is 28.4. The lowest BCUT2D eigenvalue weighted by Gasteiger charge is -2.24. The van der Waals surface area contributed by atoms with E-state index in [1.165, 1.54) is 6.42 Å². The number of hydrogen-bond acceptors (Lipinski definition) is 3. The maximum atomic E-state index is 14.5. The Morgan fingerprint density at radius 2 is 1.86 bits per heavy atom. The third kappa shape index (κ3) is 3.02. The van der Waals surface area contributed by atoms with E-state index >= 15 is 0 Å². The highest BCUT2D eigenvalue weighted by Crippen LogP contribution is 2.48. The van der Waals surface area contributed by atoms with Gasteiger partial charge < -0.3 is 15.5 Å². The number of pyridine rings is 1. The molecule has 2 amide bonds. The standard InChI is InChI=1S/C21H18F2N4O/c22-15-7-17(23)20(27-10-13-6-14(13)11-27)19(8-15)26-21(28)25-18-3-1-2-12-9-24-5-4-16(12)18/h1-5,7-9,13-14H,6,10-11H2,(H2,25,26,28). The first-order valence-corrected chi connectivity index (χ1v) is 9.23. The zero-order chi connectivity index (χ0) is 19.3. The van der Waals surface area contributed by atoms with Crippen LogP contribution in [0.25, 0.3) is 10.8 Å². The van der Waals surface area contributed by atoms with Gasteiger partial charge in [-0.2, -0.15) is 0 Å². The highest BCUT2D eigenvalue weighted by molar-refractivity contribution is 6.07. The number of hydrogen-bond donors (Lipinski definition) is 2. The van der Waals surface area contributed by atoms with Gasteiger partial charge in [0.1, 0.15) is 5.82 Å². The summed E-state index contributed by atoms with van der Waals surface area (Å²) in [5, 5.41) is 7.11. The molecule has 2 N–H and O–H groups in total. The molecule has 2 atom stereocenters. The van der Waals surface area contributed by atoms with Crippen LogP contribution in [0.2, 0.25) is 0 Å². The second-order valence-corrected chi connectivity index (χ2v) is 7.43. The molecular weight excluding hydrogens is 362 g/mol. The number of nitrogens with one attached hydrogen (secondary N) is 2. The topological polar surface area (TPSA) is 57.3 Å². The van der Waals surface area contributed by atoms with Crippen molar-refractivity contribution in [3.8, 4) is 0 Å². The molecule has 5 nitrogen and oxygen atoms in total. The minimum Gasteiger partial charge on any atom is -0.367 e. The van der Waals surface area contributed by atoms with Crippen LogP contribution in [0.3, 0.4) is 0 Å². The SMILES string of the molecule is O=C(Nc1cc(F)cc(F)c1N1CC2CC2C1)Nc1cccc2cnccc12. The molecular formula is C21H18F2N4O. The zero-order valence-electron chi connectivity index (χ0n) is 15.0. The Morgan fingerprint density at radius 3 is 2.68 bits per heavy atom. The number of rotatable bonds is 3. The largest absolute Gasteiger partial charge is 0.367 e. The summed E-state index contributed by atoms with van der Waals surface area (Å²) in [6.07, 6.45) is 4.51. The molecule has 7 heteroatoms. The molecule has 1 aromatic heterocycles. The molecule has 2 fully saturated rings. The van der Waals surface area contributed by atoms with Crippen LogP contribution in [0.5, 0.6) is 0 Å². The Morgan fingerprint density at radius 1 is 1.07 bits per heavy atom. The first-order valence-electron chi connectivity index (χ1n) is 9.23. The van der Waals surface area contributed by atoms with Gasteiger partial charge in [0, 0.05) is 42.3 Å². The van der Waals surface area contributed by atoms with E-state index in [4.69, 9.17) is 0 Å². The van der Waals surface area contributed by atoms with E-state index in [-0.39, 0.29) is 11.4 Å². The average molecular weight is 380 g/mol. The lowest BCUT2D eigenvalue weighted by Crippen LogP contribution is -2.27. The number of urea groups is 1. The van der Waals surface area contributed by atoms with Crippen molar-refractivity contribution >= 4 is 33.9 Å². The Hall–Kier alpha value is -3.22. The van der Waals surface area contributed by atoms with Crippen molar-refractivity contribution < 1.29 is 13.6 Å². The fourth-order valence-electron chi connectivity index (χ4n) is 4.07. The van der Waals surface area contributed by atoms with Crippen LogP contribution in [-0.4, -0.2) is 24.1 Å². The van der Waals surface area contributed by atoms with Gasteiger partial charge in [0.2, 0.25) is 0 Å². The Bertz CT molecular complexity index is 1070. The molecule has 0 bridgehead atoms. The van der Waals surface area contributed by atoms with Crippen molar-refractivity contribution in [3.05, 3.63) is 60.4 Å². The van der Waals surface area contributed by atoms with Gasteiger partial charge in [-0.25, -0.2) is 13.6 Å². The first-order chi connectivity index (χ1) is 13.6. The van der Waals surface area contributed by atoms with Gasteiger partial charge >= 0.3 is 6.03 Å². The third-order valence-corrected chi connectivity index (χ3v) is 5.50. The number of halogens is 2. The second-order valence-electron chi connectivity index (χ2n) is 7.43. The number of fused-ring (bicyclic) bond motifs is 2. The number of carbonyl (C=O) groups excluding carboxylic acids is 1. The average Bonchev–Trinajstić information content (AvgIpc) is 3.27. The number of carbonyl (C=O) groups is 1. The molecule has 5 rings (SSSR count). The van der Waals surface area contributed by atoms with E-state index < -0.39 is 17.7 Å². The minimum atomic E-state index is -0.725. The molecule has 2 heterocycles. The van der Waals surface area contributed by atoms with E-state index in [9.17, 15) is 13.6 Å². The van der Waals surface area contributed by atoms with Crippen molar-refractivity contribution in [1.29, 1.82) is 0 Å². The third-order valence-electron chi connectivity index (χ3n) is 5.50. The summed E-state index contributed by atoms with van der Waals surface area (Å²) in [6.45, 7) is 1.47. The van der Waals surface area contributed by atoms with Gasteiger partial charge in [-0.1, -0.05) is 12.1 Å². The lowest BCUT2D eigenvalue weighted by molar-refractivity contribution is 0.262. The highest BCUT2D eigenvalue weighted by Gasteiger charge is 2.46. The van der Waals surface area contributed by atoms with Gasteiger partial charge in [-0.3, -0.25) is 4.98 Å².